The van der Waals surface area contributed by atoms with Gasteiger partial charge in [-0.05, 0) is 19.1 Å². The molecule has 6 nitrogen and oxygen atoms in total. The number of hydrogen-bond acceptors (Lipinski definition) is 5. The van der Waals surface area contributed by atoms with Gasteiger partial charge in [-0.3, -0.25) is 4.79 Å². The quantitative estimate of drug-likeness (QED) is 0.870. The molecule has 0 aliphatic rings. The highest BCUT2D eigenvalue weighted by atomic mass is 16.5. The number of aromatic nitrogens is 2. The van der Waals surface area contributed by atoms with E-state index in [1.54, 1.807) is 7.11 Å². The van der Waals surface area contributed by atoms with Crippen molar-refractivity contribution in [1.29, 1.82) is 0 Å². The summed E-state index contributed by atoms with van der Waals surface area (Å²) in [7, 11) is 1.60. The molecule has 0 aliphatic carbocycles. The summed E-state index contributed by atoms with van der Waals surface area (Å²) in [5.74, 6) is 1.66. The molecule has 0 spiro atoms. The number of hydrogen-bond donors (Lipinski definition) is 1. The molecule has 0 radical (unpaired) electrons. The first-order chi connectivity index (χ1) is 9.72. The normalized spacial score (nSPS) is 10.3. The van der Waals surface area contributed by atoms with Gasteiger partial charge in [-0.2, -0.15) is 4.98 Å². The average molecular weight is 275 g/mol. The minimum absolute atomic E-state index is 0.0198. The molecule has 1 heterocycles. The van der Waals surface area contributed by atoms with E-state index in [9.17, 15) is 4.79 Å². The fourth-order valence-electron chi connectivity index (χ4n) is 1.74. The molecule has 1 aromatic heterocycles. The first-order valence-corrected chi connectivity index (χ1v) is 6.46. The number of nitrogens with one attached hydrogen (secondary N) is 1. The predicted molar refractivity (Wildman–Crippen MR) is 73.3 cm³/mol. The van der Waals surface area contributed by atoms with Crippen molar-refractivity contribution in [1.82, 2.24) is 15.5 Å². The van der Waals surface area contributed by atoms with Crippen LogP contribution in [0.4, 0.5) is 0 Å². The molecule has 6 heteroatoms. The Morgan fingerprint density at radius 3 is 3.05 bits per heavy atom. The van der Waals surface area contributed by atoms with Crippen LogP contribution < -0.4 is 10.1 Å². The van der Waals surface area contributed by atoms with Crippen LogP contribution in [-0.2, 0) is 11.2 Å². The molecule has 1 aromatic carbocycles. The highest BCUT2D eigenvalue weighted by Gasteiger charge is 2.10. The molecule has 20 heavy (non-hydrogen) atoms. The van der Waals surface area contributed by atoms with E-state index >= 15 is 0 Å². The van der Waals surface area contributed by atoms with Crippen molar-refractivity contribution in [3.63, 3.8) is 0 Å². The van der Waals surface area contributed by atoms with Gasteiger partial charge in [0.05, 0.1) is 7.11 Å². The molecule has 0 atom stereocenters. The molecule has 0 fully saturated rings. The van der Waals surface area contributed by atoms with Gasteiger partial charge in [0, 0.05) is 24.9 Å². The number of methoxy groups -OCH3 is 1. The minimum atomic E-state index is -0.0198. The van der Waals surface area contributed by atoms with Crippen LogP contribution in [0, 0.1) is 0 Å². The van der Waals surface area contributed by atoms with Crippen LogP contribution in [0.25, 0.3) is 11.4 Å². The van der Waals surface area contributed by atoms with E-state index in [0.29, 0.717) is 31.1 Å². The van der Waals surface area contributed by atoms with Gasteiger partial charge < -0.3 is 14.6 Å². The standard InChI is InChI=1S/C14H17N3O3/c1-3-15-12(18)7-8-13-16-14(17-20-13)10-5-4-6-11(9-10)19-2/h4-6,9H,3,7-8H2,1-2H3,(H,15,18). The SMILES string of the molecule is CCNC(=O)CCc1nc(-c2cccc(OC)c2)no1. The summed E-state index contributed by atoms with van der Waals surface area (Å²) < 4.78 is 10.3. The predicted octanol–water partition coefficient (Wildman–Crippen LogP) is 1.81. The van der Waals surface area contributed by atoms with Crippen LogP contribution in [0.3, 0.4) is 0 Å². The Morgan fingerprint density at radius 1 is 1.45 bits per heavy atom. The molecule has 106 valence electrons. The van der Waals surface area contributed by atoms with Crippen molar-refractivity contribution >= 4 is 5.91 Å². The summed E-state index contributed by atoms with van der Waals surface area (Å²) in [4.78, 5) is 15.6. The molecular weight excluding hydrogens is 258 g/mol. The second-order valence-electron chi connectivity index (χ2n) is 4.20. The van der Waals surface area contributed by atoms with Crippen LogP contribution in [-0.4, -0.2) is 29.7 Å². The molecule has 0 saturated carbocycles. The number of carbonyl (C=O) groups is 1. The van der Waals surface area contributed by atoms with Crippen molar-refractivity contribution in [3.05, 3.63) is 30.2 Å². The van der Waals surface area contributed by atoms with Crippen LogP contribution in [0.5, 0.6) is 5.75 Å². The molecule has 1 amide bonds. The number of rotatable bonds is 6. The number of benzene rings is 1. The fraction of sp³-hybridized carbons (Fsp3) is 0.357. The van der Waals surface area contributed by atoms with Gasteiger partial charge in [-0.15, -0.1) is 0 Å². The monoisotopic (exact) mass is 275 g/mol. The Labute approximate surface area is 117 Å². The fourth-order valence-corrected chi connectivity index (χ4v) is 1.74. The van der Waals surface area contributed by atoms with Gasteiger partial charge in [-0.25, -0.2) is 0 Å². The lowest BCUT2D eigenvalue weighted by Gasteiger charge is -2.00. The lowest BCUT2D eigenvalue weighted by Crippen LogP contribution is -2.22. The van der Waals surface area contributed by atoms with Crippen molar-refractivity contribution in [3.8, 4) is 17.1 Å². The second kappa shape index (κ2) is 6.70. The summed E-state index contributed by atoms with van der Waals surface area (Å²) in [6.07, 6.45) is 0.774. The van der Waals surface area contributed by atoms with Crippen molar-refractivity contribution < 1.29 is 14.1 Å². The molecule has 0 bridgehead atoms. The topological polar surface area (TPSA) is 77.2 Å². The van der Waals surface area contributed by atoms with E-state index in [2.05, 4.69) is 15.5 Å². The lowest BCUT2D eigenvalue weighted by molar-refractivity contribution is -0.121. The van der Waals surface area contributed by atoms with E-state index in [4.69, 9.17) is 9.26 Å². The van der Waals surface area contributed by atoms with Crippen LogP contribution in [0.1, 0.15) is 19.2 Å². The zero-order valence-electron chi connectivity index (χ0n) is 11.5. The van der Waals surface area contributed by atoms with Gasteiger partial charge in [-0.1, -0.05) is 17.3 Å². The Hall–Kier alpha value is -2.37. The zero-order chi connectivity index (χ0) is 14.4. The molecule has 0 saturated heterocycles. The number of carbonyl (C=O) groups excluding carboxylic acids is 1. The van der Waals surface area contributed by atoms with E-state index in [-0.39, 0.29) is 5.91 Å². The van der Waals surface area contributed by atoms with Crippen molar-refractivity contribution in [2.24, 2.45) is 0 Å². The highest BCUT2D eigenvalue weighted by Crippen LogP contribution is 2.21. The molecule has 2 rings (SSSR count). The maximum Gasteiger partial charge on any atom is 0.227 e. The number of ether oxygens (including phenoxy) is 1. The van der Waals surface area contributed by atoms with Gasteiger partial charge in [0.2, 0.25) is 17.6 Å². The van der Waals surface area contributed by atoms with Gasteiger partial charge in [0.25, 0.3) is 0 Å². The van der Waals surface area contributed by atoms with Crippen molar-refractivity contribution in [2.45, 2.75) is 19.8 Å². The molecular formula is C14H17N3O3. The third-order valence-electron chi connectivity index (χ3n) is 2.74. The third-order valence-corrected chi connectivity index (χ3v) is 2.74. The smallest absolute Gasteiger partial charge is 0.227 e. The Bertz CT molecular complexity index is 581. The summed E-state index contributed by atoms with van der Waals surface area (Å²) >= 11 is 0. The third kappa shape index (κ3) is 3.57. The van der Waals surface area contributed by atoms with E-state index in [1.807, 2.05) is 31.2 Å². The Balaban J connectivity index is 2.03. The Morgan fingerprint density at radius 2 is 2.30 bits per heavy atom. The van der Waals surface area contributed by atoms with E-state index in [0.717, 1.165) is 11.3 Å². The Kier molecular flexibility index (Phi) is 4.70. The van der Waals surface area contributed by atoms with Crippen LogP contribution >= 0.6 is 0 Å². The number of nitrogens with zero attached hydrogens (tertiary/aromatic N) is 2. The summed E-state index contributed by atoms with van der Waals surface area (Å²) in [6.45, 7) is 2.50. The van der Waals surface area contributed by atoms with Gasteiger partial charge in [0.1, 0.15) is 5.75 Å². The summed E-state index contributed by atoms with van der Waals surface area (Å²) in [6, 6.07) is 7.41. The minimum Gasteiger partial charge on any atom is -0.497 e. The van der Waals surface area contributed by atoms with Gasteiger partial charge >= 0.3 is 0 Å². The first-order valence-electron chi connectivity index (χ1n) is 6.46. The van der Waals surface area contributed by atoms with E-state index in [1.165, 1.54) is 0 Å². The summed E-state index contributed by atoms with van der Waals surface area (Å²) in [5, 5.41) is 6.64. The van der Waals surface area contributed by atoms with Crippen LogP contribution in [0.15, 0.2) is 28.8 Å². The number of aryl methyl sites for hydroxylation is 1. The molecule has 2 aromatic rings. The molecule has 0 aliphatic heterocycles. The van der Waals surface area contributed by atoms with Gasteiger partial charge in [0.15, 0.2) is 0 Å². The average Bonchev–Trinajstić information content (AvgIpc) is 2.94. The molecule has 0 unspecified atom stereocenters. The lowest BCUT2D eigenvalue weighted by atomic mass is 10.2. The van der Waals surface area contributed by atoms with Crippen molar-refractivity contribution in [2.75, 3.05) is 13.7 Å². The highest BCUT2D eigenvalue weighted by molar-refractivity contribution is 5.75. The summed E-state index contributed by atoms with van der Waals surface area (Å²) in [5.41, 5.74) is 0.817. The van der Waals surface area contributed by atoms with E-state index < -0.39 is 0 Å². The first kappa shape index (κ1) is 14.0. The second-order valence-corrected chi connectivity index (χ2v) is 4.20. The maximum atomic E-state index is 11.4. The largest absolute Gasteiger partial charge is 0.497 e. The van der Waals surface area contributed by atoms with Crippen LogP contribution in [0.2, 0.25) is 0 Å². The zero-order valence-corrected chi connectivity index (χ0v) is 11.5. The maximum absolute atomic E-state index is 11.4. The molecule has 1 N–H and O–H groups in total. The number of amides is 1.